The van der Waals surface area contributed by atoms with Gasteiger partial charge in [-0.2, -0.15) is 0 Å². The quantitative estimate of drug-likeness (QED) is 0.357. The molecule has 3 aromatic rings. The van der Waals surface area contributed by atoms with Gasteiger partial charge in [-0.1, -0.05) is 30.3 Å². The number of rotatable bonds is 5. The van der Waals surface area contributed by atoms with Crippen molar-refractivity contribution in [1.82, 2.24) is 5.32 Å². The highest BCUT2D eigenvalue weighted by molar-refractivity contribution is 8.18. The summed E-state index contributed by atoms with van der Waals surface area (Å²) in [6.45, 7) is 0. The molecule has 0 atom stereocenters. The molecule has 0 saturated carbocycles. The molecule has 0 spiro atoms. The maximum atomic E-state index is 12.4. The fraction of sp³-hybridized carbons (Fsp3) is 0.0417. The van der Waals surface area contributed by atoms with E-state index < -0.39 is 5.97 Å². The van der Waals surface area contributed by atoms with Crippen LogP contribution in [-0.2, 0) is 4.79 Å². The van der Waals surface area contributed by atoms with E-state index in [1.165, 1.54) is 11.8 Å². The minimum Gasteiger partial charge on any atom is -0.497 e. The van der Waals surface area contributed by atoms with Crippen molar-refractivity contribution in [2.75, 3.05) is 7.11 Å². The van der Waals surface area contributed by atoms with Crippen LogP contribution in [0.3, 0.4) is 0 Å². The van der Waals surface area contributed by atoms with Crippen molar-refractivity contribution in [3.8, 4) is 11.5 Å². The van der Waals surface area contributed by atoms with Gasteiger partial charge in [0.05, 0.1) is 23.3 Å². The third kappa shape index (κ3) is 5.21. The van der Waals surface area contributed by atoms with Gasteiger partial charge in [-0.25, -0.2) is 9.79 Å². The van der Waals surface area contributed by atoms with E-state index in [0.29, 0.717) is 27.1 Å². The Balaban J connectivity index is 1.47. The summed E-state index contributed by atoms with van der Waals surface area (Å²) in [6, 6.07) is 23.1. The molecule has 1 heterocycles. The minimum atomic E-state index is -0.474. The number of ether oxygens (including phenoxy) is 2. The molecule has 7 heteroatoms. The Morgan fingerprint density at radius 2 is 1.74 bits per heavy atom. The fourth-order valence-electron chi connectivity index (χ4n) is 2.81. The number of hydrogen-bond acceptors (Lipinski definition) is 6. The molecular formula is C24H18N2O4S. The van der Waals surface area contributed by atoms with Crippen molar-refractivity contribution < 1.29 is 19.1 Å². The smallest absolute Gasteiger partial charge is 0.343 e. The zero-order chi connectivity index (χ0) is 21.6. The Morgan fingerprint density at radius 1 is 0.968 bits per heavy atom. The van der Waals surface area contributed by atoms with Crippen LogP contribution in [0.1, 0.15) is 15.9 Å². The third-order valence-corrected chi connectivity index (χ3v) is 5.24. The van der Waals surface area contributed by atoms with Crippen LogP contribution in [0.15, 0.2) is 88.8 Å². The minimum absolute atomic E-state index is 0.222. The summed E-state index contributed by atoms with van der Waals surface area (Å²) in [7, 11) is 1.56. The molecule has 0 unspecified atom stereocenters. The van der Waals surface area contributed by atoms with E-state index in [-0.39, 0.29) is 5.91 Å². The summed E-state index contributed by atoms with van der Waals surface area (Å²) in [5.74, 6) is 0.350. The number of aliphatic imine (C=N–C) groups is 1. The normalized spacial score (nSPS) is 15.7. The molecule has 154 valence electrons. The SMILES string of the molecule is COc1ccc(C(=O)Oc2cccc(/C=C3\SC(=Nc4ccccc4)NC3=O)c2)cc1. The average Bonchev–Trinajstić information content (AvgIpc) is 3.13. The number of carbonyl (C=O) groups is 2. The Hall–Kier alpha value is -3.84. The monoisotopic (exact) mass is 430 g/mol. The molecule has 0 radical (unpaired) electrons. The molecule has 1 saturated heterocycles. The third-order valence-electron chi connectivity index (χ3n) is 4.33. The highest BCUT2D eigenvalue weighted by Crippen LogP contribution is 2.29. The van der Waals surface area contributed by atoms with Gasteiger partial charge in [0.25, 0.3) is 5.91 Å². The molecule has 31 heavy (non-hydrogen) atoms. The van der Waals surface area contributed by atoms with Crippen LogP contribution >= 0.6 is 11.8 Å². The summed E-state index contributed by atoms with van der Waals surface area (Å²) >= 11 is 1.26. The van der Waals surface area contributed by atoms with Crippen LogP contribution in [0.4, 0.5) is 5.69 Å². The second kappa shape index (κ2) is 9.32. The number of esters is 1. The second-order valence-corrected chi connectivity index (χ2v) is 7.54. The first-order valence-corrected chi connectivity index (χ1v) is 10.2. The van der Waals surface area contributed by atoms with Gasteiger partial charge in [-0.15, -0.1) is 0 Å². The molecule has 0 aromatic heterocycles. The van der Waals surface area contributed by atoms with Crippen LogP contribution in [0, 0.1) is 0 Å². The predicted octanol–water partition coefficient (Wildman–Crippen LogP) is 4.81. The van der Waals surface area contributed by atoms with E-state index >= 15 is 0 Å². The first kappa shape index (κ1) is 20.4. The van der Waals surface area contributed by atoms with Crippen molar-refractivity contribution in [3.63, 3.8) is 0 Å². The lowest BCUT2D eigenvalue weighted by Gasteiger charge is -2.06. The highest BCUT2D eigenvalue weighted by Gasteiger charge is 2.23. The summed E-state index contributed by atoms with van der Waals surface area (Å²) in [5, 5.41) is 3.28. The van der Waals surface area contributed by atoms with Crippen LogP contribution in [0.5, 0.6) is 11.5 Å². The van der Waals surface area contributed by atoms with Gasteiger partial charge >= 0.3 is 5.97 Å². The number of para-hydroxylation sites is 1. The van der Waals surface area contributed by atoms with E-state index in [9.17, 15) is 9.59 Å². The molecular weight excluding hydrogens is 412 g/mol. The predicted molar refractivity (Wildman–Crippen MR) is 122 cm³/mol. The molecule has 1 aliphatic heterocycles. The Labute approximate surface area is 183 Å². The number of amidine groups is 1. The van der Waals surface area contributed by atoms with Crippen LogP contribution in [0.25, 0.3) is 6.08 Å². The first-order chi connectivity index (χ1) is 15.1. The number of nitrogens with one attached hydrogen (secondary N) is 1. The first-order valence-electron chi connectivity index (χ1n) is 9.42. The van der Waals surface area contributed by atoms with Crippen LogP contribution in [-0.4, -0.2) is 24.2 Å². The van der Waals surface area contributed by atoms with Gasteiger partial charge in [-0.3, -0.25) is 4.79 Å². The zero-order valence-electron chi connectivity index (χ0n) is 16.6. The number of amides is 1. The summed E-state index contributed by atoms with van der Waals surface area (Å²) < 4.78 is 10.6. The summed E-state index contributed by atoms with van der Waals surface area (Å²) in [6.07, 6.45) is 1.73. The lowest BCUT2D eigenvalue weighted by atomic mass is 10.2. The van der Waals surface area contributed by atoms with Crippen molar-refractivity contribution >= 4 is 40.6 Å². The van der Waals surface area contributed by atoms with E-state index in [0.717, 1.165) is 11.3 Å². The largest absolute Gasteiger partial charge is 0.497 e. The molecule has 1 N–H and O–H groups in total. The topological polar surface area (TPSA) is 77.0 Å². The molecule has 4 rings (SSSR count). The van der Waals surface area contributed by atoms with Crippen molar-refractivity contribution in [2.45, 2.75) is 0 Å². The number of methoxy groups -OCH3 is 1. The Kier molecular flexibility index (Phi) is 6.14. The van der Waals surface area contributed by atoms with Crippen molar-refractivity contribution in [3.05, 3.63) is 94.9 Å². The molecule has 1 aliphatic rings. The van der Waals surface area contributed by atoms with Crippen molar-refractivity contribution in [1.29, 1.82) is 0 Å². The maximum absolute atomic E-state index is 12.4. The lowest BCUT2D eigenvalue weighted by Crippen LogP contribution is -2.19. The summed E-state index contributed by atoms with van der Waals surface area (Å²) in [5.41, 5.74) is 1.91. The second-order valence-electron chi connectivity index (χ2n) is 6.51. The molecule has 3 aromatic carbocycles. The van der Waals surface area contributed by atoms with E-state index in [1.54, 1.807) is 55.7 Å². The van der Waals surface area contributed by atoms with E-state index in [1.807, 2.05) is 36.4 Å². The molecule has 1 fully saturated rings. The number of benzene rings is 3. The number of nitrogens with zero attached hydrogens (tertiary/aromatic N) is 1. The molecule has 0 bridgehead atoms. The maximum Gasteiger partial charge on any atom is 0.343 e. The van der Waals surface area contributed by atoms with Gasteiger partial charge in [0.15, 0.2) is 5.17 Å². The zero-order valence-corrected chi connectivity index (χ0v) is 17.4. The molecule has 1 amide bonds. The van der Waals surface area contributed by atoms with E-state index in [4.69, 9.17) is 9.47 Å². The molecule has 6 nitrogen and oxygen atoms in total. The number of hydrogen-bond donors (Lipinski definition) is 1. The van der Waals surface area contributed by atoms with Crippen LogP contribution < -0.4 is 14.8 Å². The van der Waals surface area contributed by atoms with E-state index in [2.05, 4.69) is 10.3 Å². The lowest BCUT2D eigenvalue weighted by molar-refractivity contribution is -0.115. The van der Waals surface area contributed by atoms with Gasteiger partial charge < -0.3 is 14.8 Å². The summed E-state index contributed by atoms with van der Waals surface area (Å²) in [4.78, 5) is 29.6. The Morgan fingerprint density at radius 3 is 2.48 bits per heavy atom. The Bertz CT molecular complexity index is 1170. The van der Waals surface area contributed by atoms with Gasteiger partial charge in [-0.05, 0) is 71.9 Å². The van der Waals surface area contributed by atoms with Gasteiger partial charge in [0, 0.05) is 0 Å². The number of carbonyl (C=O) groups excluding carboxylic acids is 2. The van der Waals surface area contributed by atoms with Gasteiger partial charge in [0.2, 0.25) is 0 Å². The number of thioether (sulfide) groups is 1. The average molecular weight is 430 g/mol. The fourth-order valence-corrected chi connectivity index (χ4v) is 3.65. The standard InChI is InChI=1S/C24H18N2O4S/c1-29-19-12-10-17(11-13-19)23(28)30-20-9-5-6-16(14-20)15-21-22(27)26-24(31-21)25-18-7-3-2-4-8-18/h2-15H,1H3,(H,25,26,27)/b21-15-. The van der Waals surface area contributed by atoms with Crippen LogP contribution in [0.2, 0.25) is 0 Å². The van der Waals surface area contributed by atoms with Crippen molar-refractivity contribution in [2.24, 2.45) is 4.99 Å². The highest BCUT2D eigenvalue weighted by atomic mass is 32.2. The van der Waals surface area contributed by atoms with Gasteiger partial charge in [0.1, 0.15) is 11.5 Å². The molecule has 0 aliphatic carbocycles.